The summed E-state index contributed by atoms with van der Waals surface area (Å²) in [6.07, 6.45) is 2.34. The number of aromatic nitrogens is 1. The summed E-state index contributed by atoms with van der Waals surface area (Å²) < 4.78 is 5.25. The van der Waals surface area contributed by atoms with Crippen LogP contribution in [0.15, 0.2) is 40.9 Å². The minimum Gasteiger partial charge on any atom is -0.356 e. The second-order valence-electron chi connectivity index (χ2n) is 4.43. The van der Waals surface area contributed by atoms with Crippen molar-refractivity contribution in [1.82, 2.24) is 10.5 Å². The molecule has 0 saturated carbocycles. The van der Waals surface area contributed by atoms with Gasteiger partial charge in [0.25, 0.3) is 0 Å². The Morgan fingerprint density at radius 2 is 2.11 bits per heavy atom. The number of nitrogens with one attached hydrogen (secondary N) is 1. The highest BCUT2D eigenvalue weighted by molar-refractivity contribution is 5.78. The van der Waals surface area contributed by atoms with Gasteiger partial charge in [0.15, 0.2) is 5.76 Å². The molecule has 100 valence electrons. The van der Waals surface area contributed by atoms with Gasteiger partial charge in [-0.05, 0) is 6.42 Å². The molecule has 0 fully saturated rings. The molecule has 19 heavy (non-hydrogen) atoms. The van der Waals surface area contributed by atoms with Crippen molar-refractivity contribution < 1.29 is 9.32 Å². The lowest BCUT2D eigenvalue weighted by atomic mass is 10.1. The van der Waals surface area contributed by atoms with Gasteiger partial charge in [0.2, 0.25) is 5.91 Å². The summed E-state index contributed by atoms with van der Waals surface area (Å²) in [6.45, 7) is 2.81. The van der Waals surface area contributed by atoms with Gasteiger partial charge in [-0.15, -0.1) is 0 Å². The molecule has 1 amide bonds. The number of carbonyl (C=O) groups is 1. The van der Waals surface area contributed by atoms with Gasteiger partial charge in [-0.1, -0.05) is 48.8 Å². The van der Waals surface area contributed by atoms with Crippen molar-refractivity contribution in [1.29, 1.82) is 0 Å². The molecular weight excluding hydrogens is 240 g/mol. The molecule has 0 atom stereocenters. The van der Waals surface area contributed by atoms with Gasteiger partial charge in [0, 0.05) is 18.2 Å². The van der Waals surface area contributed by atoms with E-state index in [-0.39, 0.29) is 12.3 Å². The van der Waals surface area contributed by atoms with Crippen LogP contribution in [0.25, 0.3) is 11.3 Å². The fourth-order valence-electron chi connectivity index (χ4n) is 1.77. The third-order valence-corrected chi connectivity index (χ3v) is 2.81. The Morgan fingerprint density at radius 1 is 1.32 bits per heavy atom. The smallest absolute Gasteiger partial charge is 0.226 e. The average molecular weight is 258 g/mol. The summed E-state index contributed by atoms with van der Waals surface area (Å²) >= 11 is 0. The van der Waals surface area contributed by atoms with Gasteiger partial charge >= 0.3 is 0 Å². The third-order valence-electron chi connectivity index (χ3n) is 2.81. The predicted octanol–water partition coefficient (Wildman–Crippen LogP) is 2.80. The molecule has 0 saturated heterocycles. The van der Waals surface area contributed by atoms with Crippen molar-refractivity contribution in [3.05, 3.63) is 42.1 Å². The van der Waals surface area contributed by atoms with Gasteiger partial charge < -0.3 is 9.84 Å². The lowest BCUT2D eigenvalue weighted by Crippen LogP contribution is -2.26. The standard InChI is InChI=1S/C15H18N2O2/c1-2-3-9-16-15(18)11-13-10-14(19-17-13)12-7-5-4-6-8-12/h4-8,10H,2-3,9,11H2,1H3,(H,16,18). The summed E-state index contributed by atoms with van der Waals surface area (Å²) in [6, 6.07) is 11.5. The summed E-state index contributed by atoms with van der Waals surface area (Å²) in [4.78, 5) is 11.6. The van der Waals surface area contributed by atoms with E-state index in [0.29, 0.717) is 11.5 Å². The van der Waals surface area contributed by atoms with Crippen LogP contribution in [0.1, 0.15) is 25.5 Å². The zero-order valence-electron chi connectivity index (χ0n) is 11.1. The fraction of sp³-hybridized carbons (Fsp3) is 0.333. The molecule has 0 aliphatic carbocycles. The molecule has 0 spiro atoms. The van der Waals surface area contributed by atoms with Crippen molar-refractivity contribution in [2.75, 3.05) is 6.54 Å². The number of hydrogen-bond donors (Lipinski definition) is 1. The predicted molar refractivity (Wildman–Crippen MR) is 73.6 cm³/mol. The van der Waals surface area contributed by atoms with Crippen molar-refractivity contribution in [3.63, 3.8) is 0 Å². The van der Waals surface area contributed by atoms with Crippen LogP contribution >= 0.6 is 0 Å². The van der Waals surface area contributed by atoms with E-state index in [9.17, 15) is 4.79 Å². The third kappa shape index (κ3) is 3.95. The maximum atomic E-state index is 11.6. The molecule has 0 radical (unpaired) electrons. The first-order valence-corrected chi connectivity index (χ1v) is 6.57. The second kappa shape index (κ2) is 6.73. The largest absolute Gasteiger partial charge is 0.356 e. The second-order valence-corrected chi connectivity index (χ2v) is 4.43. The summed E-state index contributed by atoms with van der Waals surface area (Å²) in [5, 5.41) is 6.79. The molecule has 0 aliphatic heterocycles. The van der Waals surface area contributed by atoms with E-state index in [1.165, 1.54) is 0 Å². The fourth-order valence-corrected chi connectivity index (χ4v) is 1.77. The van der Waals surface area contributed by atoms with Crippen molar-refractivity contribution in [3.8, 4) is 11.3 Å². The summed E-state index contributed by atoms with van der Waals surface area (Å²) in [7, 11) is 0. The van der Waals surface area contributed by atoms with Crippen molar-refractivity contribution in [2.45, 2.75) is 26.2 Å². The molecule has 1 heterocycles. The number of nitrogens with zero attached hydrogens (tertiary/aromatic N) is 1. The highest BCUT2D eigenvalue weighted by atomic mass is 16.5. The van der Waals surface area contributed by atoms with Gasteiger partial charge in [0.1, 0.15) is 0 Å². The molecule has 0 bridgehead atoms. The quantitative estimate of drug-likeness (QED) is 0.811. The molecule has 0 aliphatic rings. The molecule has 4 nitrogen and oxygen atoms in total. The first-order valence-electron chi connectivity index (χ1n) is 6.57. The van der Waals surface area contributed by atoms with Gasteiger partial charge in [-0.3, -0.25) is 4.79 Å². The maximum Gasteiger partial charge on any atom is 0.226 e. The zero-order chi connectivity index (χ0) is 13.5. The Labute approximate surface area is 112 Å². The normalized spacial score (nSPS) is 10.4. The van der Waals surface area contributed by atoms with Crippen molar-refractivity contribution >= 4 is 5.91 Å². The molecule has 2 rings (SSSR count). The lowest BCUT2D eigenvalue weighted by molar-refractivity contribution is -0.120. The maximum absolute atomic E-state index is 11.6. The van der Waals surface area contributed by atoms with Crippen molar-refractivity contribution in [2.24, 2.45) is 0 Å². The number of benzene rings is 1. The van der Waals surface area contributed by atoms with Crippen LogP contribution in [0, 0.1) is 0 Å². The van der Waals surface area contributed by atoms with E-state index in [1.54, 1.807) is 0 Å². The molecule has 1 aromatic heterocycles. The van der Waals surface area contributed by atoms with E-state index in [0.717, 1.165) is 24.9 Å². The Hall–Kier alpha value is -2.10. The van der Waals surface area contributed by atoms with Gasteiger partial charge in [0.05, 0.1) is 12.1 Å². The van der Waals surface area contributed by atoms with E-state index in [4.69, 9.17) is 4.52 Å². The topological polar surface area (TPSA) is 55.1 Å². The first-order chi connectivity index (χ1) is 9.29. The highest BCUT2D eigenvalue weighted by Crippen LogP contribution is 2.19. The lowest BCUT2D eigenvalue weighted by Gasteiger charge is -2.01. The summed E-state index contributed by atoms with van der Waals surface area (Å²) in [5.74, 6) is 0.679. The average Bonchev–Trinajstić information content (AvgIpc) is 2.88. The first kappa shape index (κ1) is 13.3. The number of hydrogen-bond acceptors (Lipinski definition) is 3. The Morgan fingerprint density at radius 3 is 2.84 bits per heavy atom. The van der Waals surface area contributed by atoms with E-state index in [2.05, 4.69) is 17.4 Å². The molecule has 1 aromatic carbocycles. The number of unbranched alkanes of at least 4 members (excludes halogenated alkanes) is 1. The summed E-state index contributed by atoms with van der Waals surface area (Å²) in [5.41, 5.74) is 1.63. The molecule has 2 aromatic rings. The molecule has 0 unspecified atom stereocenters. The molecular formula is C15H18N2O2. The van der Waals surface area contributed by atoms with Crippen LogP contribution in [0.3, 0.4) is 0 Å². The van der Waals surface area contributed by atoms with Gasteiger partial charge in [-0.25, -0.2) is 0 Å². The monoisotopic (exact) mass is 258 g/mol. The highest BCUT2D eigenvalue weighted by Gasteiger charge is 2.09. The molecule has 4 heteroatoms. The van der Waals surface area contributed by atoms with Gasteiger partial charge in [-0.2, -0.15) is 0 Å². The van der Waals surface area contributed by atoms with Crippen LogP contribution in [-0.4, -0.2) is 17.6 Å². The van der Waals surface area contributed by atoms with E-state index < -0.39 is 0 Å². The van der Waals surface area contributed by atoms with E-state index >= 15 is 0 Å². The Kier molecular flexibility index (Phi) is 4.72. The van der Waals surface area contributed by atoms with E-state index in [1.807, 2.05) is 36.4 Å². The number of carbonyl (C=O) groups excluding carboxylic acids is 1. The molecule has 1 N–H and O–H groups in total. The van der Waals surface area contributed by atoms with Crippen LogP contribution in [0.4, 0.5) is 0 Å². The Bertz CT molecular complexity index is 520. The van der Waals surface area contributed by atoms with Crippen LogP contribution < -0.4 is 5.32 Å². The van der Waals surface area contributed by atoms with Crippen LogP contribution in [-0.2, 0) is 11.2 Å². The minimum absolute atomic E-state index is 0.0126. The minimum atomic E-state index is -0.0126. The Balaban J connectivity index is 1.93. The zero-order valence-corrected chi connectivity index (χ0v) is 11.1. The number of rotatable bonds is 6. The van der Waals surface area contributed by atoms with Crippen LogP contribution in [0.5, 0.6) is 0 Å². The van der Waals surface area contributed by atoms with Crippen LogP contribution in [0.2, 0.25) is 0 Å². The SMILES string of the molecule is CCCCNC(=O)Cc1cc(-c2ccccc2)on1. The number of amides is 1.